The first kappa shape index (κ1) is 22.5. The molecule has 0 atom stereocenters. The smallest absolute Gasteiger partial charge is 0.254 e. The van der Waals surface area contributed by atoms with Gasteiger partial charge in [0.25, 0.3) is 5.91 Å². The zero-order valence-corrected chi connectivity index (χ0v) is 18.4. The Morgan fingerprint density at radius 1 is 0.935 bits per heavy atom. The van der Waals surface area contributed by atoms with E-state index in [9.17, 15) is 13.2 Å². The number of hydrogen-bond acceptors (Lipinski definition) is 4. The SMILES string of the molecule is CNS(=O)(=O)c1cc(C(=O)N(CCc2ccccc2)Cc2ccccc2)ccc1OC. The molecule has 3 aromatic rings. The molecule has 0 heterocycles. The van der Waals surface area contributed by atoms with Crippen LogP contribution in [0.2, 0.25) is 0 Å². The van der Waals surface area contributed by atoms with Gasteiger partial charge in [-0.05, 0) is 42.8 Å². The van der Waals surface area contributed by atoms with E-state index in [1.54, 1.807) is 11.0 Å². The third kappa shape index (κ3) is 5.71. The highest BCUT2D eigenvalue weighted by Crippen LogP contribution is 2.25. The molecular weight excluding hydrogens is 412 g/mol. The average molecular weight is 439 g/mol. The van der Waals surface area contributed by atoms with E-state index in [-0.39, 0.29) is 16.6 Å². The second-order valence-corrected chi connectivity index (χ2v) is 8.88. The van der Waals surface area contributed by atoms with Crippen LogP contribution in [0.1, 0.15) is 21.5 Å². The highest BCUT2D eigenvalue weighted by molar-refractivity contribution is 7.89. The molecule has 31 heavy (non-hydrogen) atoms. The summed E-state index contributed by atoms with van der Waals surface area (Å²) in [4.78, 5) is 15.1. The Kier molecular flexibility index (Phi) is 7.44. The molecule has 0 unspecified atom stereocenters. The van der Waals surface area contributed by atoms with Crippen LogP contribution in [0.4, 0.5) is 0 Å². The fourth-order valence-electron chi connectivity index (χ4n) is 3.28. The van der Waals surface area contributed by atoms with Crippen molar-refractivity contribution in [1.82, 2.24) is 9.62 Å². The predicted molar refractivity (Wildman–Crippen MR) is 121 cm³/mol. The van der Waals surface area contributed by atoms with E-state index in [2.05, 4.69) is 4.72 Å². The van der Waals surface area contributed by atoms with Crippen LogP contribution in [0.5, 0.6) is 5.75 Å². The molecule has 6 nitrogen and oxygen atoms in total. The number of methoxy groups -OCH3 is 1. The quantitative estimate of drug-likeness (QED) is 0.555. The lowest BCUT2D eigenvalue weighted by atomic mass is 10.1. The minimum Gasteiger partial charge on any atom is -0.495 e. The number of amides is 1. The maximum atomic E-state index is 13.4. The molecule has 0 aliphatic heterocycles. The largest absolute Gasteiger partial charge is 0.495 e. The van der Waals surface area contributed by atoms with Crippen molar-refractivity contribution in [3.05, 3.63) is 95.6 Å². The molecule has 0 fully saturated rings. The summed E-state index contributed by atoms with van der Waals surface area (Å²) in [5, 5.41) is 0. The molecule has 0 aromatic heterocycles. The van der Waals surface area contributed by atoms with Crippen LogP contribution in [0.25, 0.3) is 0 Å². The van der Waals surface area contributed by atoms with Crippen LogP contribution in [0.15, 0.2) is 83.8 Å². The summed E-state index contributed by atoms with van der Waals surface area (Å²) in [5.74, 6) is -0.0558. The second-order valence-electron chi connectivity index (χ2n) is 7.02. The van der Waals surface area contributed by atoms with Crippen LogP contribution < -0.4 is 9.46 Å². The Morgan fingerprint density at radius 3 is 2.13 bits per heavy atom. The molecule has 162 valence electrons. The Bertz CT molecular complexity index is 1120. The van der Waals surface area contributed by atoms with Gasteiger partial charge < -0.3 is 9.64 Å². The highest BCUT2D eigenvalue weighted by Gasteiger charge is 2.23. The zero-order valence-electron chi connectivity index (χ0n) is 17.6. The van der Waals surface area contributed by atoms with Crippen molar-refractivity contribution >= 4 is 15.9 Å². The molecule has 0 spiro atoms. The second kappa shape index (κ2) is 10.2. The highest BCUT2D eigenvalue weighted by atomic mass is 32.2. The molecule has 0 bridgehead atoms. The fourth-order valence-corrected chi connectivity index (χ4v) is 4.20. The first-order chi connectivity index (χ1) is 14.9. The van der Waals surface area contributed by atoms with E-state index < -0.39 is 10.0 Å². The molecule has 7 heteroatoms. The molecule has 0 radical (unpaired) electrons. The molecule has 0 saturated carbocycles. The Morgan fingerprint density at radius 2 is 1.55 bits per heavy atom. The van der Waals surface area contributed by atoms with Gasteiger partial charge in [-0.3, -0.25) is 4.79 Å². The molecular formula is C24H26N2O4S. The van der Waals surface area contributed by atoms with Crippen LogP contribution in [0, 0.1) is 0 Å². The number of hydrogen-bond donors (Lipinski definition) is 1. The average Bonchev–Trinajstić information content (AvgIpc) is 2.82. The first-order valence-electron chi connectivity index (χ1n) is 9.93. The van der Waals surface area contributed by atoms with E-state index in [1.807, 2.05) is 60.7 Å². The number of sulfonamides is 1. The maximum Gasteiger partial charge on any atom is 0.254 e. The van der Waals surface area contributed by atoms with Crippen LogP contribution in [-0.4, -0.2) is 39.9 Å². The molecule has 1 amide bonds. The van der Waals surface area contributed by atoms with E-state index in [0.29, 0.717) is 25.1 Å². The Hall–Kier alpha value is -3.16. The number of rotatable bonds is 9. The standard InChI is InChI=1S/C24H26N2O4S/c1-25-31(28,29)23-17-21(13-14-22(23)30-2)24(27)26(18-20-11-7-4-8-12-20)16-15-19-9-5-3-6-10-19/h3-14,17,25H,15-16,18H2,1-2H3. The van der Waals surface area contributed by atoms with E-state index >= 15 is 0 Å². The molecule has 0 saturated heterocycles. The summed E-state index contributed by atoms with van der Waals surface area (Å²) < 4.78 is 32.3. The normalized spacial score (nSPS) is 11.2. The van der Waals surface area contributed by atoms with Crippen molar-refractivity contribution in [1.29, 1.82) is 0 Å². The van der Waals surface area contributed by atoms with Gasteiger partial charge >= 0.3 is 0 Å². The maximum absolute atomic E-state index is 13.4. The monoisotopic (exact) mass is 438 g/mol. The fraction of sp³-hybridized carbons (Fsp3) is 0.208. The molecule has 3 aromatic carbocycles. The van der Waals surface area contributed by atoms with Gasteiger partial charge in [0.2, 0.25) is 10.0 Å². The van der Waals surface area contributed by atoms with Crippen molar-refractivity contribution in [2.45, 2.75) is 17.9 Å². The summed E-state index contributed by atoms with van der Waals surface area (Å²) in [6.07, 6.45) is 0.692. The lowest BCUT2D eigenvalue weighted by Gasteiger charge is -2.24. The van der Waals surface area contributed by atoms with E-state index in [4.69, 9.17) is 4.74 Å². The van der Waals surface area contributed by atoms with Gasteiger partial charge in [-0.15, -0.1) is 0 Å². The number of nitrogens with one attached hydrogen (secondary N) is 1. The van der Waals surface area contributed by atoms with Crippen LogP contribution in [-0.2, 0) is 23.0 Å². The topological polar surface area (TPSA) is 75.7 Å². The predicted octanol–water partition coefficient (Wildman–Crippen LogP) is 3.49. The minimum atomic E-state index is -3.78. The van der Waals surface area contributed by atoms with Gasteiger partial charge in [-0.25, -0.2) is 13.1 Å². The summed E-state index contributed by atoms with van der Waals surface area (Å²) in [7, 11) is -1.06. The van der Waals surface area contributed by atoms with Gasteiger partial charge in [0.15, 0.2) is 0 Å². The van der Waals surface area contributed by atoms with Crippen LogP contribution >= 0.6 is 0 Å². The minimum absolute atomic E-state index is 0.0638. The first-order valence-corrected chi connectivity index (χ1v) is 11.4. The summed E-state index contributed by atoms with van der Waals surface area (Å²) >= 11 is 0. The number of carbonyl (C=O) groups is 1. The third-order valence-electron chi connectivity index (χ3n) is 4.99. The van der Waals surface area contributed by atoms with Gasteiger partial charge in [-0.2, -0.15) is 0 Å². The lowest BCUT2D eigenvalue weighted by molar-refractivity contribution is 0.0745. The third-order valence-corrected chi connectivity index (χ3v) is 6.42. The van der Waals surface area contributed by atoms with Crippen molar-refractivity contribution < 1.29 is 17.9 Å². The van der Waals surface area contributed by atoms with Crippen molar-refractivity contribution in [3.63, 3.8) is 0 Å². The van der Waals surface area contributed by atoms with Gasteiger partial charge in [-0.1, -0.05) is 60.7 Å². The van der Waals surface area contributed by atoms with E-state index in [1.165, 1.54) is 26.3 Å². The van der Waals surface area contributed by atoms with Crippen molar-refractivity contribution in [2.75, 3.05) is 20.7 Å². The molecule has 1 N–H and O–H groups in total. The van der Waals surface area contributed by atoms with Crippen molar-refractivity contribution in [3.8, 4) is 5.75 Å². The van der Waals surface area contributed by atoms with Crippen molar-refractivity contribution in [2.24, 2.45) is 0 Å². The van der Waals surface area contributed by atoms with E-state index in [0.717, 1.165) is 11.1 Å². The summed E-state index contributed by atoms with van der Waals surface area (Å²) in [6, 6.07) is 24.1. The number of ether oxygens (including phenoxy) is 1. The van der Waals surface area contributed by atoms with Crippen LogP contribution in [0.3, 0.4) is 0 Å². The zero-order chi connectivity index (χ0) is 22.3. The summed E-state index contributed by atoms with van der Waals surface area (Å²) in [5.41, 5.74) is 2.42. The number of nitrogens with zero attached hydrogens (tertiary/aromatic N) is 1. The number of benzene rings is 3. The Balaban J connectivity index is 1.92. The summed E-state index contributed by atoms with van der Waals surface area (Å²) in [6.45, 7) is 0.921. The molecule has 3 rings (SSSR count). The molecule has 0 aliphatic carbocycles. The number of carbonyl (C=O) groups excluding carboxylic acids is 1. The van der Waals surface area contributed by atoms with Gasteiger partial charge in [0.1, 0.15) is 10.6 Å². The molecule has 0 aliphatic rings. The van der Waals surface area contributed by atoms with Gasteiger partial charge in [0.05, 0.1) is 7.11 Å². The lowest BCUT2D eigenvalue weighted by Crippen LogP contribution is -2.32. The Labute approximate surface area is 183 Å². The van der Waals surface area contributed by atoms with Gasteiger partial charge in [0, 0.05) is 18.7 Å².